The van der Waals surface area contributed by atoms with Crippen molar-refractivity contribution in [3.63, 3.8) is 0 Å². The smallest absolute Gasteiger partial charge is 0.423 e. The summed E-state index contributed by atoms with van der Waals surface area (Å²) in [5.41, 5.74) is 0.293. The number of benzene rings is 1. The van der Waals surface area contributed by atoms with Crippen LogP contribution in [-0.2, 0) is 0 Å². The van der Waals surface area contributed by atoms with Gasteiger partial charge in [-0.05, 0) is 17.6 Å². The monoisotopic (exact) mass is 208 g/mol. The second-order valence-corrected chi connectivity index (χ2v) is 2.20. The fourth-order valence-corrected chi connectivity index (χ4v) is 0.635. The van der Waals surface area contributed by atoms with Gasteiger partial charge in [0, 0.05) is 0 Å². The molecule has 3 N–H and O–H groups in total. The lowest BCUT2D eigenvalue weighted by Crippen LogP contribution is -2.29. The van der Waals surface area contributed by atoms with Crippen LogP contribution in [0.2, 0.25) is 0 Å². The van der Waals surface area contributed by atoms with E-state index in [1.165, 1.54) is 24.3 Å². The quantitative estimate of drug-likeness (QED) is 0.555. The Morgan fingerprint density at radius 2 is 1.43 bits per heavy atom. The zero-order chi connectivity index (χ0) is 11.1. The summed E-state index contributed by atoms with van der Waals surface area (Å²) in [6.45, 7) is -3.17. The van der Waals surface area contributed by atoms with Crippen molar-refractivity contribution in [2.45, 2.75) is 6.61 Å². The number of hydrogen-bond acceptors (Lipinski definition) is 3. The van der Waals surface area contributed by atoms with E-state index in [2.05, 4.69) is 0 Å². The minimum Gasteiger partial charge on any atom is -0.423 e. The van der Waals surface area contributed by atoms with Gasteiger partial charge in [0.15, 0.2) is 0 Å². The van der Waals surface area contributed by atoms with E-state index in [0.29, 0.717) is 5.46 Å². The van der Waals surface area contributed by atoms with Crippen molar-refractivity contribution in [3.05, 3.63) is 30.1 Å². The van der Waals surface area contributed by atoms with Crippen molar-refractivity contribution in [2.75, 3.05) is 0 Å². The average molecular weight is 208 g/mol. The number of alkyl halides is 2. The Balaban J connectivity index is 0.000000364. The Hall–Kier alpha value is -1.05. The first kappa shape index (κ1) is 13.0. The maximum Gasteiger partial charge on any atom is 0.488 e. The molecule has 0 saturated carbocycles. The van der Waals surface area contributed by atoms with Crippen LogP contribution >= 0.6 is 0 Å². The van der Waals surface area contributed by atoms with Crippen LogP contribution in [0.25, 0.3) is 0 Å². The summed E-state index contributed by atoms with van der Waals surface area (Å²) in [6.07, 6.45) is 0. The molecule has 3 nitrogen and oxygen atoms in total. The van der Waals surface area contributed by atoms with E-state index in [4.69, 9.17) is 15.2 Å². The van der Waals surface area contributed by atoms with Crippen LogP contribution in [0.4, 0.5) is 13.2 Å². The zero-order valence-corrected chi connectivity index (χ0v) is 6.94. The standard InChI is InChI=1S/C6H6BFO2.CH2F2O/c8-6-3-1-5(2-4-6)7(9)10;2-1(3)4/h1-4,9-10H;1,4H. The van der Waals surface area contributed by atoms with Gasteiger partial charge in [0.2, 0.25) is 0 Å². The molecular weight excluding hydrogens is 200 g/mol. The molecule has 0 heterocycles. The molecule has 1 rings (SSSR count). The molecule has 0 unspecified atom stereocenters. The molecule has 1 aromatic carbocycles. The van der Waals surface area contributed by atoms with Crippen molar-refractivity contribution in [1.29, 1.82) is 0 Å². The lowest BCUT2D eigenvalue weighted by Gasteiger charge is -1.95. The lowest BCUT2D eigenvalue weighted by atomic mass is 9.80. The Labute approximate surface area is 78.6 Å². The first-order valence-electron chi connectivity index (χ1n) is 3.51. The van der Waals surface area contributed by atoms with Crippen LogP contribution in [0, 0.1) is 5.82 Å². The maximum atomic E-state index is 12.2. The summed E-state index contributed by atoms with van der Waals surface area (Å²) in [4.78, 5) is 0. The topological polar surface area (TPSA) is 60.7 Å². The molecule has 0 radical (unpaired) electrons. The van der Waals surface area contributed by atoms with Crippen molar-refractivity contribution in [3.8, 4) is 0 Å². The van der Waals surface area contributed by atoms with Gasteiger partial charge in [-0.2, -0.15) is 8.78 Å². The van der Waals surface area contributed by atoms with E-state index in [1.807, 2.05) is 0 Å². The molecule has 7 heteroatoms. The van der Waals surface area contributed by atoms with Gasteiger partial charge >= 0.3 is 13.7 Å². The van der Waals surface area contributed by atoms with E-state index in [-0.39, 0.29) is 5.82 Å². The Kier molecular flexibility index (Phi) is 5.94. The van der Waals surface area contributed by atoms with Crippen LogP contribution in [0.15, 0.2) is 24.3 Å². The van der Waals surface area contributed by atoms with E-state index in [0.717, 1.165) is 0 Å². The molecule has 0 aromatic heterocycles. The molecule has 0 saturated heterocycles. The van der Waals surface area contributed by atoms with Crippen molar-refractivity contribution >= 4 is 12.6 Å². The first-order chi connectivity index (χ1) is 6.43. The molecule has 0 amide bonds. The number of aliphatic hydroxyl groups is 1. The Bertz CT molecular complexity index is 250. The summed E-state index contributed by atoms with van der Waals surface area (Å²) in [7, 11) is -1.51. The van der Waals surface area contributed by atoms with Crippen molar-refractivity contribution in [1.82, 2.24) is 0 Å². The van der Waals surface area contributed by atoms with Crippen molar-refractivity contribution in [2.24, 2.45) is 0 Å². The largest absolute Gasteiger partial charge is 0.488 e. The highest BCUT2D eigenvalue weighted by Crippen LogP contribution is 1.92. The van der Waals surface area contributed by atoms with Crippen LogP contribution in [0.1, 0.15) is 0 Å². The SMILES string of the molecule is OB(O)c1ccc(F)cc1.OC(F)F. The molecular formula is C7H8BF3O3. The molecule has 0 spiro atoms. The predicted octanol–water partition coefficient (Wildman–Crippen LogP) is -0.293. The van der Waals surface area contributed by atoms with E-state index in [1.54, 1.807) is 0 Å². The third-order valence-electron chi connectivity index (χ3n) is 1.17. The Morgan fingerprint density at radius 1 is 1.07 bits per heavy atom. The number of rotatable bonds is 1. The molecule has 0 bridgehead atoms. The number of halogens is 3. The average Bonchev–Trinajstić information content (AvgIpc) is 2.03. The van der Waals surface area contributed by atoms with Crippen LogP contribution < -0.4 is 5.46 Å². The molecule has 0 aliphatic rings. The van der Waals surface area contributed by atoms with Gasteiger partial charge in [-0.25, -0.2) is 4.39 Å². The summed E-state index contributed by atoms with van der Waals surface area (Å²) >= 11 is 0. The van der Waals surface area contributed by atoms with Gasteiger partial charge < -0.3 is 15.2 Å². The normalized spacial score (nSPS) is 9.36. The number of hydrogen-bond donors (Lipinski definition) is 3. The summed E-state index contributed by atoms with van der Waals surface area (Å²) < 4.78 is 32.0. The second kappa shape index (κ2) is 6.42. The summed E-state index contributed by atoms with van der Waals surface area (Å²) in [5.74, 6) is -0.385. The van der Waals surface area contributed by atoms with Gasteiger partial charge in [0.25, 0.3) is 0 Å². The van der Waals surface area contributed by atoms with E-state index < -0.39 is 13.7 Å². The molecule has 0 atom stereocenters. The molecule has 78 valence electrons. The maximum absolute atomic E-state index is 12.2. The van der Waals surface area contributed by atoms with E-state index >= 15 is 0 Å². The fraction of sp³-hybridized carbons (Fsp3) is 0.143. The van der Waals surface area contributed by atoms with Crippen LogP contribution in [-0.4, -0.2) is 28.9 Å². The Morgan fingerprint density at radius 3 is 1.71 bits per heavy atom. The lowest BCUT2D eigenvalue weighted by molar-refractivity contribution is -0.0728. The highest BCUT2D eigenvalue weighted by atomic mass is 19.3. The zero-order valence-electron chi connectivity index (χ0n) is 6.94. The molecule has 0 aliphatic carbocycles. The fourth-order valence-electron chi connectivity index (χ4n) is 0.635. The minimum absolute atomic E-state index is 0.293. The molecule has 14 heavy (non-hydrogen) atoms. The molecule has 0 fully saturated rings. The third kappa shape index (κ3) is 6.47. The first-order valence-corrected chi connectivity index (χ1v) is 3.51. The highest BCUT2D eigenvalue weighted by molar-refractivity contribution is 6.58. The van der Waals surface area contributed by atoms with Gasteiger partial charge in [-0.1, -0.05) is 12.1 Å². The molecule has 0 aliphatic heterocycles. The molecule has 1 aromatic rings. The third-order valence-corrected chi connectivity index (χ3v) is 1.17. The number of aliphatic hydroxyl groups excluding tert-OH is 1. The van der Waals surface area contributed by atoms with Gasteiger partial charge in [0.1, 0.15) is 5.82 Å². The van der Waals surface area contributed by atoms with Crippen molar-refractivity contribution < 1.29 is 28.3 Å². The summed E-state index contributed by atoms with van der Waals surface area (Å²) in [5, 5.41) is 23.8. The van der Waals surface area contributed by atoms with Gasteiger partial charge in [0.05, 0.1) is 0 Å². The second-order valence-electron chi connectivity index (χ2n) is 2.20. The summed E-state index contributed by atoms with van der Waals surface area (Å²) in [6, 6.07) is 4.99. The van der Waals surface area contributed by atoms with Crippen LogP contribution in [0.5, 0.6) is 0 Å². The van der Waals surface area contributed by atoms with Gasteiger partial charge in [-0.15, -0.1) is 0 Å². The highest BCUT2D eigenvalue weighted by Gasteiger charge is 2.08. The van der Waals surface area contributed by atoms with E-state index in [9.17, 15) is 13.2 Å². The predicted molar refractivity (Wildman–Crippen MR) is 44.4 cm³/mol. The van der Waals surface area contributed by atoms with Gasteiger partial charge in [-0.3, -0.25) is 0 Å². The minimum atomic E-state index is -3.17. The van der Waals surface area contributed by atoms with Crippen LogP contribution in [0.3, 0.4) is 0 Å².